The van der Waals surface area contributed by atoms with Gasteiger partial charge in [0.1, 0.15) is 5.82 Å². The van der Waals surface area contributed by atoms with Crippen molar-refractivity contribution in [2.45, 2.75) is 19.9 Å². The number of ether oxygens (including phenoxy) is 1. The maximum absolute atomic E-state index is 12.6. The fourth-order valence-corrected chi connectivity index (χ4v) is 3.33. The number of esters is 1. The van der Waals surface area contributed by atoms with Gasteiger partial charge in [-0.2, -0.15) is 0 Å². The van der Waals surface area contributed by atoms with Crippen LogP contribution in [0.1, 0.15) is 22.6 Å². The minimum atomic E-state index is -0.355. The number of fused-ring (bicyclic) bond motifs is 2. The Kier molecular flexibility index (Phi) is 4.89. The molecule has 0 spiro atoms. The van der Waals surface area contributed by atoms with Crippen molar-refractivity contribution in [3.05, 3.63) is 88.5 Å². The molecule has 0 aliphatic rings. The van der Waals surface area contributed by atoms with E-state index in [4.69, 9.17) is 4.74 Å². The first-order chi connectivity index (χ1) is 13.6. The Morgan fingerprint density at radius 2 is 1.75 bits per heavy atom. The standard InChI is InChI=1S/C23H20N2O3/c1-16-24-21-10-5-4-9-20(21)22(26)25(16)13-6-14-28-23(27)19-12-11-17-7-2-3-8-18(17)15-19/h2-5,7-12,15H,6,13-14H2,1H3. The molecule has 0 aliphatic heterocycles. The van der Waals surface area contributed by atoms with Gasteiger partial charge in [-0.1, -0.05) is 42.5 Å². The summed E-state index contributed by atoms with van der Waals surface area (Å²) < 4.78 is 7.02. The Balaban J connectivity index is 1.41. The molecule has 0 radical (unpaired) electrons. The number of aryl methyl sites for hydroxylation is 1. The molecule has 1 aromatic heterocycles. The second kappa shape index (κ2) is 7.64. The molecule has 4 aromatic rings. The Morgan fingerprint density at radius 3 is 2.61 bits per heavy atom. The SMILES string of the molecule is Cc1nc2ccccc2c(=O)n1CCCOC(=O)c1ccc2ccccc2c1. The molecule has 1 heterocycles. The molecule has 0 N–H and O–H groups in total. The van der Waals surface area contributed by atoms with E-state index in [1.165, 1.54) is 0 Å². The largest absolute Gasteiger partial charge is 0.462 e. The minimum absolute atomic E-state index is 0.0658. The highest BCUT2D eigenvalue weighted by molar-refractivity contribution is 5.95. The van der Waals surface area contributed by atoms with Gasteiger partial charge >= 0.3 is 5.97 Å². The second-order valence-electron chi connectivity index (χ2n) is 6.68. The summed E-state index contributed by atoms with van der Waals surface area (Å²) in [6.07, 6.45) is 0.542. The number of carbonyl (C=O) groups excluding carboxylic acids is 1. The van der Waals surface area contributed by atoms with E-state index in [0.717, 1.165) is 10.8 Å². The summed E-state index contributed by atoms with van der Waals surface area (Å²) in [7, 11) is 0. The lowest BCUT2D eigenvalue weighted by molar-refractivity contribution is 0.0495. The van der Waals surface area contributed by atoms with Crippen LogP contribution in [0.15, 0.2) is 71.5 Å². The Morgan fingerprint density at radius 1 is 1.00 bits per heavy atom. The summed E-state index contributed by atoms with van der Waals surface area (Å²) in [5, 5.41) is 2.68. The highest BCUT2D eigenvalue weighted by atomic mass is 16.5. The van der Waals surface area contributed by atoms with E-state index in [0.29, 0.717) is 35.3 Å². The van der Waals surface area contributed by atoms with Crippen molar-refractivity contribution < 1.29 is 9.53 Å². The molecule has 0 bridgehead atoms. The van der Waals surface area contributed by atoms with E-state index in [2.05, 4.69) is 4.98 Å². The molecule has 3 aromatic carbocycles. The van der Waals surface area contributed by atoms with Gasteiger partial charge in [0, 0.05) is 6.54 Å². The molecule has 0 atom stereocenters. The summed E-state index contributed by atoms with van der Waals surface area (Å²) in [4.78, 5) is 29.4. The topological polar surface area (TPSA) is 61.2 Å². The van der Waals surface area contributed by atoms with Crippen LogP contribution in [0.5, 0.6) is 0 Å². The summed E-state index contributed by atoms with van der Waals surface area (Å²) in [6, 6.07) is 20.7. The van der Waals surface area contributed by atoms with Crippen molar-refractivity contribution in [3.63, 3.8) is 0 Å². The Hall–Kier alpha value is -3.47. The quantitative estimate of drug-likeness (QED) is 0.391. The second-order valence-corrected chi connectivity index (χ2v) is 6.68. The molecule has 0 aliphatic carbocycles. The van der Waals surface area contributed by atoms with E-state index in [-0.39, 0.29) is 18.1 Å². The highest BCUT2D eigenvalue weighted by Crippen LogP contribution is 2.16. The third-order valence-electron chi connectivity index (χ3n) is 4.80. The average molecular weight is 372 g/mol. The predicted molar refractivity (Wildman–Crippen MR) is 110 cm³/mol. The van der Waals surface area contributed by atoms with Crippen molar-refractivity contribution in [1.82, 2.24) is 9.55 Å². The summed E-state index contributed by atoms with van der Waals surface area (Å²) in [6.45, 7) is 2.51. The third-order valence-corrected chi connectivity index (χ3v) is 4.80. The van der Waals surface area contributed by atoms with Gasteiger partial charge in [0.2, 0.25) is 0 Å². The zero-order chi connectivity index (χ0) is 19.5. The van der Waals surface area contributed by atoms with Gasteiger partial charge in [-0.25, -0.2) is 9.78 Å². The molecule has 0 unspecified atom stereocenters. The van der Waals surface area contributed by atoms with Gasteiger partial charge in [0.25, 0.3) is 5.56 Å². The Bertz CT molecular complexity index is 1230. The number of para-hydroxylation sites is 1. The summed E-state index contributed by atoms with van der Waals surface area (Å²) in [5.74, 6) is 0.302. The van der Waals surface area contributed by atoms with E-state index in [1.54, 1.807) is 16.7 Å². The first-order valence-corrected chi connectivity index (χ1v) is 9.25. The number of aromatic nitrogens is 2. The van der Waals surface area contributed by atoms with Crippen LogP contribution in [0, 0.1) is 6.92 Å². The van der Waals surface area contributed by atoms with Crippen LogP contribution in [0.3, 0.4) is 0 Å². The van der Waals surface area contributed by atoms with Gasteiger partial charge < -0.3 is 4.74 Å². The minimum Gasteiger partial charge on any atom is -0.462 e. The Labute approximate surface area is 162 Å². The predicted octanol–water partition coefficient (Wildman–Crippen LogP) is 4.11. The number of rotatable bonds is 5. The summed E-state index contributed by atoms with van der Waals surface area (Å²) in [5.41, 5.74) is 1.16. The van der Waals surface area contributed by atoms with Gasteiger partial charge in [0.15, 0.2) is 0 Å². The molecular formula is C23H20N2O3. The van der Waals surface area contributed by atoms with Gasteiger partial charge in [0.05, 0.1) is 23.1 Å². The van der Waals surface area contributed by atoms with Crippen LogP contribution in [-0.4, -0.2) is 22.1 Å². The van der Waals surface area contributed by atoms with E-state index in [1.807, 2.05) is 61.5 Å². The van der Waals surface area contributed by atoms with E-state index >= 15 is 0 Å². The summed E-state index contributed by atoms with van der Waals surface area (Å²) >= 11 is 0. The lowest BCUT2D eigenvalue weighted by Crippen LogP contribution is -2.24. The molecular weight excluding hydrogens is 352 g/mol. The molecule has 0 fully saturated rings. The maximum atomic E-state index is 12.6. The van der Waals surface area contributed by atoms with Crippen molar-refractivity contribution >= 4 is 27.6 Å². The van der Waals surface area contributed by atoms with Gasteiger partial charge in [-0.3, -0.25) is 9.36 Å². The van der Waals surface area contributed by atoms with Crippen LogP contribution in [0.4, 0.5) is 0 Å². The van der Waals surface area contributed by atoms with Crippen molar-refractivity contribution in [3.8, 4) is 0 Å². The van der Waals surface area contributed by atoms with E-state index < -0.39 is 0 Å². The van der Waals surface area contributed by atoms with Crippen molar-refractivity contribution in [2.24, 2.45) is 0 Å². The fraction of sp³-hybridized carbons (Fsp3) is 0.174. The van der Waals surface area contributed by atoms with Crippen LogP contribution < -0.4 is 5.56 Å². The lowest BCUT2D eigenvalue weighted by Gasteiger charge is -2.11. The van der Waals surface area contributed by atoms with Crippen LogP contribution >= 0.6 is 0 Å². The number of benzene rings is 3. The molecule has 0 amide bonds. The zero-order valence-electron chi connectivity index (χ0n) is 15.6. The molecule has 28 heavy (non-hydrogen) atoms. The highest BCUT2D eigenvalue weighted by Gasteiger charge is 2.10. The monoisotopic (exact) mass is 372 g/mol. The number of nitrogens with zero attached hydrogens (tertiary/aromatic N) is 2. The molecule has 0 saturated heterocycles. The molecule has 5 nitrogen and oxygen atoms in total. The number of hydrogen-bond acceptors (Lipinski definition) is 4. The lowest BCUT2D eigenvalue weighted by atomic mass is 10.1. The first-order valence-electron chi connectivity index (χ1n) is 9.25. The van der Waals surface area contributed by atoms with Crippen LogP contribution in [-0.2, 0) is 11.3 Å². The zero-order valence-corrected chi connectivity index (χ0v) is 15.6. The number of carbonyl (C=O) groups is 1. The smallest absolute Gasteiger partial charge is 0.338 e. The fourth-order valence-electron chi connectivity index (χ4n) is 3.33. The van der Waals surface area contributed by atoms with Crippen molar-refractivity contribution in [1.29, 1.82) is 0 Å². The van der Waals surface area contributed by atoms with E-state index in [9.17, 15) is 9.59 Å². The van der Waals surface area contributed by atoms with Crippen LogP contribution in [0.25, 0.3) is 21.7 Å². The molecule has 5 heteroatoms. The van der Waals surface area contributed by atoms with Crippen molar-refractivity contribution in [2.75, 3.05) is 6.61 Å². The normalized spacial score (nSPS) is 11.0. The first kappa shape index (κ1) is 17.9. The number of hydrogen-bond donors (Lipinski definition) is 0. The third kappa shape index (κ3) is 3.51. The molecule has 140 valence electrons. The molecule has 4 rings (SSSR count). The maximum Gasteiger partial charge on any atom is 0.338 e. The average Bonchev–Trinajstić information content (AvgIpc) is 2.72. The van der Waals surface area contributed by atoms with Gasteiger partial charge in [-0.15, -0.1) is 0 Å². The molecule has 0 saturated carbocycles. The van der Waals surface area contributed by atoms with Crippen LogP contribution in [0.2, 0.25) is 0 Å². The van der Waals surface area contributed by atoms with Gasteiger partial charge in [-0.05, 0) is 48.4 Å².